The molecule has 0 bridgehead atoms. The average molecular weight is 283 g/mol. The van der Waals surface area contributed by atoms with Crippen LogP contribution in [-0.4, -0.2) is 33.9 Å². The summed E-state index contributed by atoms with van der Waals surface area (Å²) in [7, 11) is 0. The zero-order chi connectivity index (χ0) is 13.3. The fourth-order valence-electron chi connectivity index (χ4n) is 2.10. The summed E-state index contributed by atoms with van der Waals surface area (Å²) in [6, 6.07) is 0. The van der Waals surface area contributed by atoms with Crippen LogP contribution in [0.5, 0.6) is 0 Å². The third-order valence-corrected chi connectivity index (χ3v) is 5.10. The van der Waals surface area contributed by atoms with Crippen molar-refractivity contribution in [2.75, 3.05) is 13.1 Å². The first-order valence-electron chi connectivity index (χ1n) is 5.93. The van der Waals surface area contributed by atoms with Gasteiger partial charge in [-0.25, -0.2) is 4.98 Å². The highest BCUT2D eigenvalue weighted by atomic mass is 32.1. The number of hydrogen-bond acceptors (Lipinski definition) is 4. The molecule has 1 saturated heterocycles. The summed E-state index contributed by atoms with van der Waals surface area (Å²) < 4.78 is 0. The molecule has 2 heterocycles. The first-order chi connectivity index (χ1) is 8.44. The molecule has 0 unspecified atom stereocenters. The number of carbonyl (C=O) groups is 1. The predicted octanol–water partition coefficient (Wildman–Crippen LogP) is 1.98. The fourth-order valence-corrected chi connectivity index (χ4v) is 3.07. The van der Waals surface area contributed by atoms with Crippen molar-refractivity contribution < 1.29 is 4.79 Å². The van der Waals surface area contributed by atoms with Crippen LogP contribution in [0.1, 0.15) is 35.1 Å². The number of aryl methyl sites for hydroxylation is 1. The van der Waals surface area contributed by atoms with Crippen molar-refractivity contribution in [1.29, 1.82) is 0 Å². The Hall–Kier alpha value is -1.01. The van der Waals surface area contributed by atoms with Gasteiger partial charge in [0, 0.05) is 18.5 Å². The number of piperidine rings is 1. The van der Waals surface area contributed by atoms with Gasteiger partial charge in [0.25, 0.3) is 5.91 Å². The molecule has 1 amide bonds. The molecule has 4 nitrogen and oxygen atoms in total. The van der Waals surface area contributed by atoms with Crippen LogP contribution in [0.4, 0.5) is 0 Å². The Bertz CT molecular complexity index is 475. The van der Waals surface area contributed by atoms with Gasteiger partial charge in [-0.2, -0.15) is 0 Å². The molecule has 1 aliphatic rings. The first-order valence-corrected chi connectivity index (χ1v) is 7.22. The van der Waals surface area contributed by atoms with Gasteiger partial charge in [-0.15, -0.1) is 11.3 Å². The van der Waals surface area contributed by atoms with Crippen molar-refractivity contribution in [2.45, 2.75) is 26.7 Å². The van der Waals surface area contributed by atoms with E-state index < -0.39 is 0 Å². The third-order valence-electron chi connectivity index (χ3n) is 3.69. The SMILES string of the molecule is Cc1ncsc1C(=O)N1CCC(C)(C(N)=S)CC1. The molecule has 2 rings (SSSR count). The second kappa shape index (κ2) is 4.93. The van der Waals surface area contributed by atoms with Crippen LogP contribution < -0.4 is 5.73 Å². The van der Waals surface area contributed by atoms with Gasteiger partial charge < -0.3 is 10.6 Å². The maximum atomic E-state index is 12.3. The Labute approximate surface area is 116 Å². The second-order valence-corrected chi connectivity index (χ2v) is 6.28. The van der Waals surface area contributed by atoms with E-state index in [1.165, 1.54) is 11.3 Å². The molecule has 0 atom stereocenters. The lowest BCUT2D eigenvalue weighted by atomic mass is 9.80. The lowest BCUT2D eigenvalue weighted by molar-refractivity contribution is 0.0674. The Kier molecular flexibility index (Phi) is 3.68. The Balaban J connectivity index is 2.05. The molecule has 1 aromatic rings. The maximum absolute atomic E-state index is 12.3. The Morgan fingerprint density at radius 2 is 2.17 bits per heavy atom. The topological polar surface area (TPSA) is 59.2 Å². The lowest BCUT2D eigenvalue weighted by Gasteiger charge is -2.38. The first kappa shape index (κ1) is 13.4. The maximum Gasteiger partial charge on any atom is 0.265 e. The van der Waals surface area contributed by atoms with Gasteiger partial charge in [0.15, 0.2) is 0 Å². The van der Waals surface area contributed by atoms with Crippen molar-refractivity contribution in [3.05, 3.63) is 16.1 Å². The van der Waals surface area contributed by atoms with Gasteiger partial charge in [0.2, 0.25) is 0 Å². The monoisotopic (exact) mass is 283 g/mol. The predicted molar refractivity (Wildman–Crippen MR) is 76.9 cm³/mol. The van der Waals surface area contributed by atoms with Crippen molar-refractivity contribution in [3.8, 4) is 0 Å². The molecule has 0 saturated carbocycles. The summed E-state index contributed by atoms with van der Waals surface area (Å²) in [5, 5.41) is 0. The summed E-state index contributed by atoms with van der Waals surface area (Å²) in [4.78, 5) is 19.6. The van der Waals surface area contributed by atoms with Crippen molar-refractivity contribution >= 4 is 34.5 Å². The standard InChI is InChI=1S/C12H17N3OS2/c1-8-9(18-7-14-8)10(16)15-5-3-12(2,4-6-15)11(13)17/h7H,3-6H2,1-2H3,(H2,13,17). The molecule has 2 N–H and O–H groups in total. The Morgan fingerprint density at radius 3 is 2.61 bits per heavy atom. The van der Waals surface area contributed by atoms with Gasteiger partial charge >= 0.3 is 0 Å². The number of thiazole rings is 1. The minimum Gasteiger partial charge on any atom is -0.393 e. The summed E-state index contributed by atoms with van der Waals surface area (Å²) in [5.74, 6) is 0.0833. The fraction of sp³-hybridized carbons (Fsp3) is 0.583. The van der Waals surface area contributed by atoms with Crippen LogP contribution in [0.2, 0.25) is 0 Å². The summed E-state index contributed by atoms with van der Waals surface area (Å²) in [5.41, 5.74) is 8.19. The van der Waals surface area contributed by atoms with Crippen molar-refractivity contribution in [1.82, 2.24) is 9.88 Å². The number of nitrogens with two attached hydrogens (primary N) is 1. The highest BCUT2D eigenvalue weighted by molar-refractivity contribution is 7.80. The highest BCUT2D eigenvalue weighted by Gasteiger charge is 2.34. The van der Waals surface area contributed by atoms with Gasteiger partial charge in [0.1, 0.15) is 4.88 Å². The van der Waals surface area contributed by atoms with Crippen LogP contribution >= 0.6 is 23.6 Å². The van der Waals surface area contributed by atoms with E-state index in [1.807, 2.05) is 11.8 Å². The number of hydrogen-bond donors (Lipinski definition) is 1. The molecular formula is C12H17N3OS2. The molecule has 1 aromatic heterocycles. The number of carbonyl (C=O) groups excluding carboxylic acids is 1. The zero-order valence-electron chi connectivity index (χ0n) is 10.6. The number of likely N-dealkylation sites (tertiary alicyclic amines) is 1. The van der Waals surface area contributed by atoms with E-state index in [1.54, 1.807) is 5.51 Å². The average Bonchev–Trinajstić information content (AvgIpc) is 2.75. The lowest BCUT2D eigenvalue weighted by Crippen LogP contribution is -2.46. The molecule has 0 spiro atoms. The minimum atomic E-state index is -0.102. The van der Waals surface area contributed by atoms with E-state index in [-0.39, 0.29) is 11.3 Å². The van der Waals surface area contributed by atoms with Gasteiger partial charge in [-0.3, -0.25) is 4.79 Å². The number of rotatable bonds is 2. The smallest absolute Gasteiger partial charge is 0.265 e. The van der Waals surface area contributed by atoms with Gasteiger partial charge in [-0.1, -0.05) is 19.1 Å². The van der Waals surface area contributed by atoms with Crippen LogP contribution in [0.15, 0.2) is 5.51 Å². The molecule has 0 aliphatic carbocycles. The largest absolute Gasteiger partial charge is 0.393 e. The van der Waals surface area contributed by atoms with Gasteiger partial charge in [-0.05, 0) is 19.8 Å². The van der Waals surface area contributed by atoms with Crippen LogP contribution in [-0.2, 0) is 0 Å². The van der Waals surface area contributed by atoms with Crippen LogP contribution in [0.3, 0.4) is 0 Å². The summed E-state index contributed by atoms with van der Waals surface area (Å²) in [6.07, 6.45) is 1.68. The number of thiocarbonyl (C=S) groups is 1. The molecule has 98 valence electrons. The number of aromatic nitrogens is 1. The molecule has 1 aliphatic heterocycles. The molecule has 0 radical (unpaired) electrons. The summed E-state index contributed by atoms with van der Waals surface area (Å²) in [6.45, 7) is 5.37. The number of nitrogens with zero attached hydrogens (tertiary/aromatic N) is 2. The van der Waals surface area contributed by atoms with E-state index in [0.717, 1.165) is 23.4 Å². The van der Waals surface area contributed by atoms with Crippen LogP contribution in [0, 0.1) is 12.3 Å². The summed E-state index contributed by atoms with van der Waals surface area (Å²) >= 11 is 6.50. The third kappa shape index (κ3) is 2.40. The Morgan fingerprint density at radius 1 is 1.56 bits per heavy atom. The van der Waals surface area contributed by atoms with Crippen molar-refractivity contribution in [3.63, 3.8) is 0 Å². The molecular weight excluding hydrogens is 266 g/mol. The second-order valence-electron chi connectivity index (χ2n) is 4.98. The highest BCUT2D eigenvalue weighted by Crippen LogP contribution is 2.32. The molecule has 0 aromatic carbocycles. The normalized spacial score (nSPS) is 18.7. The van der Waals surface area contributed by atoms with Gasteiger partial charge in [0.05, 0.1) is 16.2 Å². The minimum absolute atomic E-state index is 0.0833. The van der Waals surface area contributed by atoms with E-state index in [9.17, 15) is 4.79 Å². The van der Waals surface area contributed by atoms with E-state index >= 15 is 0 Å². The molecule has 6 heteroatoms. The van der Waals surface area contributed by atoms with E-state index in [2.05, 4.69) is 11.9 Å². The van der Waals surface area contributed by atoms with E-state index in [0.29, 0.717) is 18.1 Å². The number of amides is 1. The quantitative estimate of drug-likeness (QED) is 0.843. The van der Waals surface area contributed by atoms with Crippen LogP contribution in [0.25, 0.3) is 0 Å². The molecule has 1 fully saturated rings. The van der Waals surface area contributed by atoms with Crippen molar-refractivity contribution in [2.24, 2.45) is 11.1 Å². The van der Waals surface area contributed by atoms with E-state index in [4.69, 9.17) is 18.0 Å². The molecule has 18 heavy (non-hydrogen) atoms. The zero-order valence-corrected chi connectivity index (χ0v) is 12.2.